The summed E-state index contributed by atoms with van der Waals surface area (Å²) in [5.74, 6) is 0.665. The van der Waals surface area contributed by atoms with E-state index in [4.69, 9.17) is 9.15 Å². The van der Waals surface area contributed by atoms with Crippen LogP contribution in [-0.2, 0) is 11.3 Å². The van der Waals surface area contributed by atoms with Crippen LogP contribution in [0.5, 0.6) is 0 Å². The Balaban J connectivity index is 1.75. The van der Waals surface area contributed by atoms with Gasteiger partial charge in [-0.2, -0.15) is 0 Å². The number of furan rings is 1. The first kappa shape index (κ1) is 13.5. The van der Waals surface area contributed by atoms with Crippen molar-refractivity contribution in [1.29, 1.82) is 0 Å². The monoisotopic (exact) mass is 299 g/mol. The third kappa shape index (κ3) is 2.30. The van der Waals surface area contributed by atoms with E-state index in [0.29, 0.717) is 35.7 Å². The third-order valence-corrected chi connectivity index (χ3v) is 3.98. The zero-order valence-electron chi connectivity index (χ0n) is 12.3. The summed E-state index contributed by atoms with van der Waals surface area (Å²) >= 11 is 0. The van der Waals surface area contributed by atoms with Gasteiger partial charge in [0, 0.05) is 18.5 Å². The van der Waals surface area contributed by atoms with Crippen LogP contribution in [0.2, 0.25) is 0 Å². The number of nitrogens with zero attached hydrogens (tertiary/aromatic N) is 2. The van der Waals surface area contributed by atoms with E-state index in [1.54, 1.807) is 0 Å². The summed E-state index contributed by atoms with van der Waals surface area (Å²) in [6.45, 7) is 5.06. The van der Waals surface area contributed by atoms with Gasteiger partial charge in [0.1, 0.15) is 16.9 Å². The second-order valence-electron chi connectivity index (χ2n) is 5.71. The molecule has 0 aliphatic carbocycles. The quantitative estimate of drug-likeness (QED) is 0.782. The Morgan fingerprint density at radius 3 is 3.14 bits per heavy atom. The summed E-state index contributed by atoms with van der Waals surface area (Å²) in [5, 5.41) is 0.875. The molecule has 1 aliphatic rings. The first-order chi connectivity index (χ1) is 10.7. The molecule has 3 heterocycles. The molecular formula is C16H17N3O3. The van der Waals surface area contributed by atoms with Crippen molar-refractivity contribution in [2.24, 2.45) is 0 Å². The summed E-state index contributed by atoms with van der Waals surface area (Å²) in [5.41, 5.74) is 1.39. The highest BCUT2D eigenvalue weighted by atomic mass is 16.5. The van der Waals surface area contributed by atoms with E-state index in [2.05, 4.69) is 21.8 Å². The van der Waals surface area contributed by atoms with E-state index in [0.717, 1.165) is 18.5 Å². The maximum Gasteiger partial charge on any atom is 0.294 e. The normalized spacial score (nSPS) is 20.0. The van der Waals surface area contributed by atoms with Gasteiger partial charge in [-0.3, -0.25) is 9.69 Å². The van der Waals surface area contributed by atoms with Gasteiger partial charge in [0.15, 0.2) is 0 Å². The molecule has 22 heavy (non-hydrogen) atoms. The number of aromatic nitrogens is 2. The minimum absolute atomic E-state index is 0.207. The maximum atomic E-state index is 12.2. The first-order valence-electron chi connectivity index (χ1n) is 7.45. The Labute approximate surface area is 126 Å². The minimum Gasteiger partial charge on any atom is -0.449 e. The van der Waals surface area contributed by atoms with Crippen LogP contribution in [0, 0.1) is 0 Å². The molecule has 1 saturated heterocycles. The molecule has 1 unspecified atom stereocenters. The molecule has 0 amide bonds. The van der Waals surface area contributed by atoms with Crippen molar-refractivity contribution in [3.8, 4) is 0 Å². The van der Waals surface area contributed by atoms with E-state index in [1.807, 2.05) is 24.3 Å². The highest BCUT2D eigenvalue weighted by molar-refractivity contribution is 6.01. The van der Waals surface area contributed by atoms with Crippen LogP contribution < -0.4 is 5.56 Å². The lowest BCUT2D eigenvalue weighted by Crippen LogP contribution is -2.41. The van der Waals surface area contributed by atoms with Crippen molar-refractivity contribution in [2.75, 3.05) is 19.7 Å². The molecule has 114 valence electrons. The SMILES string of the molecule is CC1CN(Cc2nc3c(oc4ccccc43)c(=O)[nH]2)CCO1. The van der Waals surface area contributed by atoms with E-state index in [1.165, 1.54) is 0 Å². The van der Waals surface area contributed by atoms with Gasteiger partial charge in [0.05, 0.1) is 19.3 Å². The van der Waals surface area contributed by atoms with Gasteiger partial charge in [-0.25, -0.2) is 4.98 Å². The van der Waals surface area contributed by atoms with Crippen molar-refractivity contribution in [2.45, 2.75) is 19.6 Å². The number of ether oxygens (including phenoxy) is 1. The van der Waals surface area contributed by atoms with Crippen LogP contribution in [0.1, 0.15) is 12.7 Å². The summed E-state index contributed by atoms with van der Waals surface area (Å²) in [6.07, 6.45) is 0.207. The highest BCUT2D eigenvalue weighted by Crippen LogP contribution is 2.24. The zero-order valence-corrected chi connectivity index (χ0v) is 12.3. The Hall–Kier alpha value is -2.18. The molecular weight excluding hydrogens is 282 g/mol. The summed E-state index contributed by atoms with van der Waals surface area (Å²) in [6, 6.07) is 7.58. The molecule has 1 atom stereocenters. The summed E-state index contributed by atoms with van der Waals surface area (Å²) in [7, 11) is 0. The fourth-order valence-electron chi connectivity index (χ4n) is 2.97. The number of rotatable bonds is 2. The average molecular weight is 299 g/mol. The molecule has 6 heteroatoms. The Morgan fingerprint density at radius 1 is 1.41 bits per heavy atom. The average Bonchev–Trinajstić information content (AvgIpc) is 2.87. The second kappa shape index (κ2) is 5.23. The lowest BCUT2D eigenvalue weighted by atomic mass is 10.2. The molecule has 1 aliphatic heterocycles. The Morgan fingerprint density at radius 2 is 2.27 bits per heavy atom. The molecule has 2 aromatic heterocycles. The molecule has 1 fully saturated rings. The molecule has 3 aromatic rings. The number of benzene rings is 1. The molecule has 0 saturated carbocycles. The number of hydrogen-bond donors (Lipinski definition) is 1. The van der Waals surface area contributed by atoms with Gasteiger partial charge in [-0.1, -0.05) is 12.1 Å². The van der Waals surface area contributed by atoms with Gasteiger partial charge in [0.25, 0.3) is 5.56 Å². The van der Waals surface area contributed by atoms with Crippen molar-refractivity contribution in [3.63, 3.8) is 0 Å². The molecule has 0 spiro atoms. The van der Waals surface area contributed by atoms with Crippen LogP contribution in [-0.4, -0.2) is 40.7 Å². The number of morpholine rings is 1. The van der Waals surface area contributed by atoms with Crippen molar-refractivity contribution in [1.82, 2.24) is 14.9 Å². The van der Waals surface area contributed by atoms with Crippen molar-refractivity contribution < 1.29 is 9.15 Å². The van der Waals surface area contributed by atoms with E-state index in [-0.39, 0.29) is 11.7 Å². The highest BCUT2D eigenvalue weighted by Gasteiger charge is 2.19. The summed E-state index contributed by atoms with van der Waals surface area (Å²) in [4.78, 5) is 21.9. The van der Waals surface area contributed by atoms with Crippen LogP contribution in [0.25, 0.3) is 22.1 Å². The number of aromatic amines is 1. The second-order valence-corrected chi connectivity index (χ2v) is 5.71. The molecule has 4 rings (SSSR count). The number of para-hydroxylation sites is 1. The predicted octanol–water partition coefficient (Wildman–Crippen LogP) is 1.89. The fraction of sp³-hybridized carbons (Fsp3) is 0.375. The number of nitrogens with one attached hydrogen (secondary N) is 1. The standard InChI is InChI=1S/C16H17N3O3/c1-10-8-19(6-7-21-10)9-13-17-14-11-4-2-3-5-12(11)22-15(14)16(20)18-13/h2-5,10H,6-9H2,1H3,(H,17,18,20). The Bertz CT molecular complexity index is 883. The van der Waals surface area contributed by atoms with Gasteiger partial charge in [-0.05, 0) is 19.1 Å². The molecule has 6 nitrogen and oxygen atoms in total. The van der Waals surface area contributed by atoms with E-state index >= 15 is 0 Å². The van der Waals surface area contributed by atoms with Gasteiger partial charge in [-0.15, -0.1) is 0 Å². The lowest BCUT2D eigenvalue weighted by Gasteiger charge is -2.30. The van der Waals surface area contributed by atoms with Crippen LogP contribution in [0.4, 0.5) is 0 Å². The predicted molar refractivity (Wildman–Crippen MR) is 82.8 cm³/mol. The molecule has 0 radical (unpaired) electrons. The van der Waals surface area contributed by atoms with Crippen molar-refractivity contribution >= 4 is 22.1 Å². The molecule has 1 aromatic carbocycles. The van der Waals surface area contributed by atoms with Crippen LogP contribution in [0.15, 0.2) is 33.5 Å². The topological polar surface area (TPSA) is 71.4 Å². The third-order valence-electron chi connectivity index (χ3n) is 3.98. The summed E-state index contributed by atoms with van der Waals surface area (Å²) < 4.78 is 11.1. The smallest absolute Gasteiger partial charge is 0.294 e. The van der Waals surface area contributed by atoms with Gasteiger partial charge >= 0.3 is 0 Å². The minimum atomic E-state index is -0.225. The zero-order chi connectivity index (χ0) is 15.1. The van der Waals surface area contributed by atoms with E-state index < -0.39 is 0 Å². The van der Waals surface area contributed by atoms with Gasteiger partial charge in [0.2, 0.25) is 5.58 Å². The number of H-pyrrole nitrogens is 1. The van der Waals surface area contributed by atoms with Crippen LogP contribution >= 0.6 is 0 Å². The fourth-order valence-corrected chi connectivity index (χ4v) is 2.97. The number of hydrogen-bond acceptors (Lipinski definition) is 5. The van der Waals surface area contributed by atoms with Gasteiger partial charge < -0.3 is 14.1 Å². The largest absolute Gasteiger partial charge is 0.449 e. The number of fused-ring (bicyclic) bond motifs is 3. The first-order valence-corrected chi connectivity index (χ1v) is 7.45. The maximum absolute atomic E-state index is 12.2. The molecule has 0 bridgehead atoms. The molecule has 1 N–H and O–H groups in total. The van der Waals surface area contributed by atoms with Crippen molar-refractivity contribution in [3.05, 3.63) is 40.4 Å². The lowest BCUT2D eigenvalue weighted by molar-refractivity contribution is -0.0219. The van der Waals surface area contributed by atoms with E-state index in [9.17, 15) is 4.79 Å². The Kier molecular flexibility index (Phi) is 3.20. The van der Waals surface area contributed by atoms with Crippen LogP contribution in [0.3, 0.4) is 0 Å².